The Morgan fingerprint density at radius 3 is 1.45 bits per heavy atom. The molecule has 1 aliphatic rings. The van der Waals surface area contributed by atoms with Gasteiger partial charge in [0.25, 0.3) is 0 Å². The SMILES string of the molecule is C/C(=C1/C(=C(c2ccccc2)c2ccccc2)CN(c2ccccc2)C1c1ccccc1)c1ccccc1. The lowest BCUT2D eigenvalue weighted by Gasteiger charge is -2.28. The molecule has 1 aliphatic heterocycles. The van der Waals surface area contributed by atoms with Crippen molar-refractivity contribution in [3.8, 4) is 0 Å². The van der Waals surface area contributed by atoms with E-state index in [1.165, 1.54) is 50.2 Å². The molecule has 0 aromatic heterocycles. The van der Waals surface area contributed by atoms with E-state index >= 15 is 0 Å². The molecule has 5 aromatic carbocycles. The molecule has 184 valence electrons. The Morgan fingerprint density at radius 1 is 0.526 bits per heavy atom. The number of hydrogen-bond donors (Lipinski definition) is 0. The van der Waals surface area contributed by atoms with Crippen molar-refractivity contribution >= 4 is 16.8 Å². The average Bonchev–Trinajstić information content (AvgIpc) is 3.39. The van der Waals surface area contributed by atoms with E-state index in [0.717, 1.165) is 6.54 Å². The van der Waals surface area contributed by atoms with Crippen molar-refractivity contribution in [2.45, 2.75) is 13.0 Å². The highest BCUT2D eigenvalue weighted by Crippen LogP contribution is 2.49. The third-order valence-electron chi connectivity index (χ3n) is 7.48. The van der Waals surface area contributed by atoms with Crippen LogP contribution in [-0.4, -0.2) is 6.54 Å². The van der Waals surface area contributed by atoms with Gasteiger partial charge in [-0.1, -0.05) is 140 Å². The summed E-state index contributed by atoms with van der Waals surface area (Å²) in [4.78, 5) is 2.57. The summed E-state index contributed by atoms with van der Waals surface area (Å²) in [5, 5.41) is 0. The zero-order valence-electron chi connectivity index (χ0n) is 21.7. The highest BCUT2D eigenvalue weighted by Gasteiger charge is 2.37. The molecule has 0 bridgehead atoms. The van der Waals surface area contributed by atoms with Crippen molar-refractivity contribution in [3.05, 3.63) is 185 Å². The molecular weight excluding hydrogens is 458 g/mol. The first-order chi connectivity index (χ1) is 18.8. The second-order valence-electron chi connectivity index (χ2n) is 9.77. The first kappa shape index (κ1) is 23.8. The first-order valence-corrected chi connectivity index (χ1v) is 13.3. The normalized spacial score (nSPS) is 16.4. The fourth-order valence-corrected chi connectivity index (χ4v) is 5.72. The summed E-state index contributed by atoms with van der Waals surface area (Å²) in [6.07, 6.45) is 0. The van der Waals surface area contributed by atoms with Gasteiger partial charge in [0.1, 0.15) is 0 Å². The number of rotatable bonds is 5. The van der Waals surface area contributed by atoms with Crippen molar-refractivity contribution < 1.29 is 0 Å². The Balaban J connectivity index is 1.71. The van der Waals surface area contributed by atoms with Crippen LogP contribution in [0.4, 0.5) is 5.69 Å². The van der Waals surface area contributed by atoms with Crippen LogP contribution in [0.2, 0.25) is 0 Å². The van der Waals surface area contributed by atoms with Gasteiger partial charge in [-0.3, -0.25) is 0 Å². The van der Waals surface area contributed by atoms with Gasteiger partial charge in [-0.2, -0.15) is 0 Å². The molecule has 0 saturated carbocycles. The van der Waals surface area contributed by atoms with Gasteiger partial charge in [0.05, 0.1) is 6.04 Å². The lowest BCUT2D eigenvalue weighted by molar-refractivity contribution is 0.810. The van der Waals surface area contributed by atoms with Crippen LogP contribution in [-0.2, 0) is 0 Å². The lowest BCUT2D eigenvalue weighted by Crippen LogP contribution is -2.23. The summed E-state index contributed by atoms with van der Waals surface area (Å²) in [7, 11) is 0. The van der Waals surface area contributed by atoms with Crippen LogP contribution in [0.15, 0.2) is 163 Å². The predicted molar refractivity (Wildman–Crippen MR) is 161 cm³/mol. The van der Waals surface area contributed by atoms with E-state index in [2.05, 4.69) is 163 Å². The second kappa shape index (κ2) is 10.8. The minimum Gasteiger partial charge on any atom is -0.356 e. The van der Waals surface area contributed by atoms with Gasteiger partial charge in [-0.05, 0) is 63.6 Å². The number of hydrogen-bond acceptors (Lipinski definition) is 1. The molecule has 0 aliphatic carbocycles. The highest BCUT2D eigenvalue weighted by molar-refractivity contribution is 5.91. The van der Waals surface area contributed by atoms with Gasteiger partial charge < -0.3 is 4.90 Å². The molecule has 1 saturated heterocycles. The Labute approximate surface area is 226 Å². The molecule has 0 N–H and O–H groups in total. The second-order valence-corrected chi connectivity index (χ2v) is 9.77. The van der Waals surface area contributed by atoms with Crippen LogP contribution in [0.25, 0.3) is 11.1 Å². The summed E-state index contributed by atoms with van der Waals surface area (Å²) in [6.45, 7) is 3.12. The standard InChI is InChI=1S/C37H31N/c1-28(29-17-7-2-8-18-29)35-34(36(30-19-9-3-10-20-30)31-21-11-4-12-22-31)27-38(33-25-15-6-16-26-33)37(35)32-23-13-5-14-24-32/h2-26,37H,27H2,1H3/b35-28+. The smallest absolute Gasteiger partial charge is 0.0806 e. The summed E-state index contributed by atoms with van der Waals surface area (Å²) in [6, 6.07) is 54.5. The largest absolute Gasteiger partial charge is 0.356 e. The third-order valence-corrected chi connectivity index (χ3v) is 7.48. The minimum absolute atomic E-state index is 0.0937. The summed E-state index contributed by atoms with van der Waals surface area (Å²) in [5.41, 5.74) is 11.7. The van der Waals surface area contributed by atoms with E-state index in [-0.39, 0.29) is 6.04 Å². The maximum atomic E-state index is 2.57. The summed E-state index contributed by atoms with van der Waals surface area (Å²) in [5.74, 6) is 0. The Kier molecular flexibility index (Phi) is 6.74. The molecule has 1 heteroatoms. The number of para-hydroxylation sites is 1. The molecule has 0 spiro atoms. The van der Waals surface area contributed by atoms with Crippen molar-refractivity contribution in [3.63, 3.8) is 0 Å². The van der Waals surface area contributed by atoms with Gasteiger partial charge in [0.15, 0.2) is 0 Å². The molecule has 0 radical (unpaired) electrons. The minimum atomic E-state index is 0.0937. The van der Waals surface area contributed by atoms with Gasteiger partial charge in [-0.25, -0.2) is 0 Å². The molecule has 6 rings (SSSR count). The Bertz CT molecular complexity index is 1510. The zero-order chi connectivity index (χ0) is 25.7. The molecule has 1 atom stereocenters. The summed E-state index contributed by atoms with van der Waals surface area (Å²) >= 11 is 0. The quantitative estimate of drug-likeness (QED) is 0.238. The molecular formula is C37H31N. The van der Waals surface area contributed by atoms with E-state index in [1.807, 2.05) is 0 Å². The first-order valence-electron chi connectivity index (χ1n) is 13.3. The lowest BCUT2D eigenvalue weighted by atomic mass is 9.84. The predicted octanol–water partition coefficient (Wildman–Crippen LogP) is 9.22. The van der Waals surface area contributed by atoms with E-state index in [1.54, 1.807) is 0 Å². The Hall–Kier alpha value is -4.62. The topological polar surface area (TPSA) is 3.24 Å². The number of benzene rings is 5. The molecule has 0 amide bonds. The zero-order valence-corrected chi connectivity index (χ0v) is 21.7. The van der Waals surface area contributed by atoms with Crippen LogP contribution in [0.3, 0.4) is 0 Å². The maximum Gasteiger partial charge on any atom is 0.0806 e. The Morgan fingerprint density at radius 2 is 0.947 bits per heavy atom. The molecule has 1 nitrogen and oxygen atoms in total. The average molecular weight is 490 g/mol. The van der Waals surface area contributed by atoms with Gasteiger partial charge >= 0.3 is 0 Å². The van der Waals surface area contributed by atoms with Gasteiger partial charge in [0, 0.05) is 12.2 Å². The van der Waals surface area contributed by atoms with Crippen molar-refractivity contribution in [2.24, 2.45) is 0 Å². The molecule has 1 fully saturated rings. The van der Waals surface area contributed by atoms with Crippen molar-refractivity contribution in [1.82, 2.24) is 0 Å². The molecule has 1 unspecified atom stereocenters. The monoisotopic (exact) mass is 489 g/mol. The number of allylic oxidation sites excluding steroid dienone is 1. The maximum absolute atomic E-state index is 2.57. The molecule has 5 aromatic rings. The van der Waals surface area contributed by atoms with E-state index in [0.29, 0.717) is 0 Å². The van der Waals surface area contributed by atoms with E-state index in [9.17, 15) is 0 Å². The number of anilines is 1. The van der Waals surface area contributed by atoms with Crippen LogP contribution in [0.5, 0.6) is 0 Å². The third kappa shape index (κ3) is 4.60. The van der Waals surface area contributed by atoms with Crippen molar-refractivity contribution in [1.29, 1.82) is 0 Å². The van der Waals surface area contributed by atoms with E-state index < -0.39 is 0 Å². The van der Waals surface area contributed by atoms with Crippen LogP contribution in [0, 0.1) is 0 Å². The van der Waals surface area contributed by atoms with Gasteiger partial charge in [-0.15, -0.1) is 0 Å². The molecule has 38 heavy (non-hydrogen) atoms. The van der Waals surface area contributed by atoms with Gasteiger partial charge in [0.2, 0.25) is 0 Å². The van der Waals surface area contributed by atoms with Crippen LogP contribution < -0.4 is 4.90 Å². The number of nitrogens with zero attached hydrogens (tertiary/aromatic N) is 1. The summed E-state index contributed by atoms with van der Waals surface area (Å²) < 4.78 is 0. The van der Waals surface area contributed by atoms with E-state index in [4.69, 9.17) is 0 Å². The fraction of sp³-hybridized carbons (Fsp3) is 0.0811. The highest BCUT2D eigenvalue weighted by atomic mass is 15.2. The van der Waals surface area contributed by atoms with Crippen molar-refractivity contribution in [2.75, 3.05) is 11.4 Å². The fourth-order valence-electron chi connectivity index (χ4n) is 5.72. The molecule has 1 heterocycles. The van der Waals surface area contributed by atoms with Crippen LogP contribution in [0.1, 0.15) is 35.2 Å². The van der Waals surface area contributed by atoms with Crippen LogP contribution >= 0.6 is 0 Å².